The summed E-state index contributed by atoms with van der Waals surface area (Å²) in [6, 6.07) is 13.0. The molecule has 0 bridgehead atoms. The highest BCUT2D eigenvalue weighted by Gasteiger charge is 2.32. The van der Waals surface area contributed by atoms with Crippen molar-refractivity contribution < 1.29 is 31.8 Å². The number of nitrogens with zero attached hydrogens (tertiary/aromatic N) is 2. The number of anilines is 1. The quantitative estimate of drug-likeness (QED) is 0.286. The van der Waals surface area contributed by atoms with Crippen molar-refractivity contribution in [3.63, 3.8) is 0 Å². The van der Waals surface area contributed by atoms with Gasteiger partial charge in [-0.2, -0.15) is 13.2 Å². The summed E-state index contributed by atoms with van der Waals surface area (Å²) in [5.74, 6) is -0.489. The average molecular weight is 576 g/mol. The predicted molar refractivity (Wildman–Crippen MR) is 136 cm³/mol. The van der Waals surface area contributed by atoms with Gasteiger partial charge in [-0.3, -0.25) is 18.6 Å². The molecule has 7 nitrogen and oxygen atoms in total. The first-order valence-electron chi connectivity index (χ1n) is 10.9. The van der Waals surface area contributed by atoms with E-state index in [-0.39, 0.29) is 31.5 Å². The molecule has 0 spiro atoms. The van der Waals surface area contributed by atoms with Gasteiger partial charge in [0.25, 0.3) is 17.2 Å². The maximum atomic E-state index is 12.6. The lowest BCUT2D eigenvalue weighted by Gasteiger charge is -2.22. The second kappa shape index (κ2) is 12.7. The molecule has 2 unspecified atom stereocenters. The maximum Gasteiger partial charge on any atom is 0.433 e. The van der Waals surface area contributed by atoms with Crippen molar-refractivity contribution in [2.24, 2.45) is 0 Å². The number of rotatable bonds is 10. The molecule has 0 aliphatic carbocycles. The summed E-state index contributed by atoms with van der Waals surface area (Å²) in [6.45, 7) is 0.00195. The van der Waals surface area contributed by atoms with E-state index in [0.29, 0.717) is 26.9 Å². The molecule has 0 radical (unpaired) electrons. The minimum absolute atomic E-state index is 0.0347. The zero-order valence-electron chi connectivity index (χ0n) is 19.1. The van der Waals surface area contributed by atoms with Gasteiger partial charge in [0.1, 0.15) is 5.69 Å². The monoisotopic (exact) mass is 575 g/mol. The second-order valence-electron chi connectivity index (χ2n) is 7.97. The molecule has 0 aliphatic rings. The molecule has 3 rings (SSSR count). The summed E-state index contributed by atoms with van der Waals surface area (Å²) in [5.41, 5.74) is 0.600. The molecule has 13 heteroatoms. The molecule has 3 N–H and O–H groups in total. The molecule has 1 aromatic heterocycles. The van der Waals surface area contributed by atoms with E-state index in [1.54, 1.807) is 18.2 Å². The number of pyridine rings is 1. The molecule has 0 aliphatic heterocycles. The number of nitrogens with one attached hydrogen (secondary N) is 1. The Labute approximate surface area is 223 Å². The number of aliphatic hydroxyl groups excluding tert-OH is 1. The molecule has 2 atom stereocenters. The lowest BCUT2D eigenvalue weighted by Crippen LogP contribution is -2.29. The lowest BCUT2D eigenvalue weighted by atomic mass is 10.1. The fourth-order valence-corrected chi connectivity index (χ4v) is 4.35. The molecular formula is C24H22Cl2F3N3O4S. The first-order valence-corrected chi connectivity index (χ1v) is 12.7. The Hall–Kier alpha value is -2.70. The molecule has 1 amide bonds. The minimum atomic E-state index is -4.54. The normalized spacial score (nSPS) is 13.2. The average Bonchev–Trinajstić information content (AvgIpc) is 2.85. The van der Waals surface area contributed by atoms with E-state index >= 15 is 0 Å². The Morgan fingerprint density at radius 3 is 2.41 bits per heavy atom. The van der Waals surface area contributed by atoms with E-state index in [0.717, 1.165) is 16.6 Å². The van der Waals surface area contributed by atoms with Gasteiger partial charge in [-0.15, -0.1) is 0 Å². The number of aromatic nitrogens is 1. The van der Waals surface area contributed by atoms with Gasteiger partial charge < -0.3 is 10.4 Å². The van der Waals surface area contributed by atoms with E-state index < -0.39 is 35.1 Å². The summed E-state index contributed by atoms with van der Waals surface area (Å²) < 4.78 is 60.6. The fourth-order valence-electron chi connectivity index (χ4n) is 3.39. The highest BCUT2D eigenvalue weighted by Crippen LogP contribution is 2.28. The highest BCUT2D eigenvalue weighted by atomic mass is 35.5. The van der Waals surface area contributed by atoms with Crippen LogP contribution in [0.4, 0.5) is 18.9 Å². The van der Waals surface area contributed by atoms with Crippen LogP contribution >= 0.6 is 23.2 Å². The van der Waals surface area contributed by atoms with E-state index in [1.807, 2.05) is 0 Å². The summed E-state index contributed by atoms with van der Waals surface area (Å²) in [7, 11) is 0. The molecule has 37 heavy (non-hydrogen) atoms. The Morgan fingerprint density at radius 2 is 1.81 bits per heavy atom. The van der Waals surface area contributed by atoms with E-state index in [1.165, 1.54) is 30.3 Å². The Balaban J connectivity index is 1.56. The summed E-state index contributed by atoms with van der Waals surface area (Å²) in [6.07, 6.45) is -4.00. The number of hydrogen-bond acceptors (Lipinski definition) is 4. The Kier molecular flexibility index (Phi) is 9.91. The molecule has 0 saturated heterocycles. The minimum Gasteiger partial charge on any atom is -0.393 e. The summed E-state index contributed by atoms with van der Waals surface area (Å²) in [5, 5.41) is 13.7. The van der Waals surface area contributed by atoms with Gasteiger partial charge in [-0.05, 0) is 60.4 Å². The molecule has 3 aromatic rings. The van der Waals surface area contributed by atoms with E-state index in [2.05, 4.69) is 10.3 Å². The number of carbonyl (C=O) groups is 1. The lowest BCUT2D eigenvalue weighted by molar-refractivity contribution is -0.141. The summed E-state index contributed by atoms with van der Waals surface area (Å²) >= 11 is 9.74. The van der Waals surface area contributed by atoms with Gasteiger partial charge in [-0.1, -0.05) is 41.4 Å². The van der Waals surface area contributed by atoms with Crippen LogP contribution in [0, 0.1) is 0 Å². The van der Waals surface area contributed by atoms with Crippen LogP contribution in [0.15, 0.2) is 60.8 Å². The van der Waals surface area contributed by atoms with Gasteiger partial charge in [0.05, 0.1) is 21.8 Å². The summed E-state index contributed by atoms with van der Waals surface area (Å²) in [4.78, 5) is 15.8. The predicted octanol–water partition coefficient (Wildman–Crippen LogP) is 5.27. The molecule has 2 aromatic carbocycles. The number of carbonyl (C=O) groups excluding carboxylic acids is 1. The fraction of sp³-hybridized carbons (Fsp3) is 0.250. The van der Waals surface area contributed by atoms with Crippen molar-refractivity contribution in [1.29, 1.82) is 0 Å². The third-order valence-electron chi connectivity index (χ3n) is 5.33. The van der Waals surface area contributed by atoms with Gasteiger partial charge in [-0.25, -0.2) is 4.21 Å². The van der Waals surface area contributed by atoms with E-state index in [4.69, 9.17) is 23.2 Å². The van der Waals surface area contributed by atoms with Crippen molar-refractivity contribution in [2.75, 3.05) is 10.8 Å². The number of amides is 1. The first-order chi connectivity index (χ1) is 17.5. The van der Waals surface area contributed by atoms with Crippen LogP contribution in [0.25, 0.3) is 0 Å². The number of halogens is 5. The molecule has 0 fully saturated rings. The van der Waals surface area contributed by atoms with Gasteiger partial charge >= 0.3 is 6.18 Å². The second-order valence-corrected chi connectivity index (χ2v) is 9.66. The van der Waals surface area contributed by atoms with Crippen molar-refractivity contribution >= 4 is 46.1 Å². The van der Waals surface area contributed by atoms with Gasteiger partial charge in [0.2, 0.25) is 0 Å². The third-order valence-corrected chi connectivity index (χ3v) is 6.96. The van der Waals surface area contributed by atoms with Crippen molar-refractivity contribution in [3.8, 4) is 0 Å². The first kappa shape index (κ1) is 28.9. The smallest absolute Gasteiger partial charge is 0.393 e. The van der Waals surface area contributed by atoms with Crippen molar-refractivity contribution in [3.05, 3.63) is 93.2 Å². The Bertz CT molecular complexity index is 1250. The van der Waals surface area contributed by atoms with Crippen molar-refractivity contribution in [2.45, 2.75) is 31.7 Å². The maximum absolute atomic E-state index is 12.6. The highest BCUT2D eigenvalue weighted by molar-refractivity contribution is 7.80. The third kappa shape index (κ3) is 8.14. The Morgan fingerprint density at radius 1 is 1.11 bits per heavy atom. The zero-order valence-corrected chi connectivity index (χ0v) is 21.4. The van der Waals surface area contributed by atoms with Crippen LogP contribution in [-0.2, 0) is 30.4 Å². The zero-order chi connectivity index (χ0) is 27.2. The molecule has 0 saturated carbocycles. The topological polar surface area (TPSA) is 103 Å². The van der Waals surface area contributed by atoms with Gasteiger partial charge in [0.15, 0.2) is 0 Å². The van der Waals surface area contributed by atoms with Crippen LogP contribution in [0.2, 0.25) is 10.0 Å². The standard InChI is InChI=1S/C24H22Cl2F3N3O4S/c25-20-3-1-2-17(22(20)26)12-19(33)10-11-32(37(35)36)18-7-5-16(6-8-18)23(34)31-14-15-4-9-21(30-13-15)24(27,28)29/h1-9,13,19,33H,10-12,14H2,(H,31,34)(H,35,36). The van der Waals surface area contributed by atoms with E-state index in [9.17, 15) is 31.8 Å². The molecular weight excluding hydrogens is 554 g/mol. The number of alkyl halides is 3. The van der Waals surface area contributed by atoms with Crippen molar-refractivity contribution in [1.82, 2.24) is 10.3 Å². The largest absolute Gasteiger partial charge is 0.433 e. The molecule has 198 valence electrons. The molecule has 1 heterocycles. The van der Waals surface area contributed by atoms with Crippen LogP contribution in [0.5, 0.6) is 0 Å². The number of hydrogen-bond donors (Lipinski definition) is 3. The van der Waals surface area contributed by atoms with Gasteiger partial charge in [0, 0.05) is 24.8 Å². The number of aliphatic hydroxyl groups is 1. The van der Waals surface area contributed by atoms with Crippen LogP contribution in [0.1, 0.15) is 33.6 Å². The SMILES string of the molecule is O=C(NCc1ccc(C(F)(F)F)nc1)c1ccc(N(CCC(O)Cc2cccc(Cl)c2Cl)S(=O)O)cc1. The van der Waals surface area contributed by atoms with Crippen LogP contribution < -0.4 is 9.62 Å². The van der Waals surface area contributed by atoms with Crippen LogP contribution in [0.3, 0.4) is 0 Å². The number of benzene rings is 2. The van der Waals surface area contributed by atoms with Crippen LogP contribution in [-0.4, -0.2) is 37.4 Å².